The summed E-state index contributed by atoms with van der Waals surface area (Å²) in [6, 6.07) is 1.19. The molecule has 0 aliphatic carbocycles. The lowest BCUT2D eigenvalue weighted by molar-refractivity contribution is -0.0420. The molecular weight excluding hydrogens is 264 g/mol. The molecule has 0 aliphatic rings. The second kappa shape index (κ2) is 3.79. The highest BCUT2D eigenvalue weighted by Gasteiger charge is 2.16. The molecule has 0 atom stereocenters. The number of hydrogen-bond acceptors (Lipinski definition) is 3. The van der Waals surface area contributed by atoms with Crippen molar-refractivity contribution in [3.8, 4) is 0 Å². The first kappa shape index (κ1) is 10.7. The largest absolute Gasteiger partial charge is 0.396 e. The van der Waals surface area contributed by atoms with Crippen LogP contribution in [-0.2, 0) is 0 Å². The Kier molecular flexibility index (Phi) is 3.13. The average molecular weight is 270 g/mol. The summed E-state index contributed by atoms with van der Waals surface area (Å²) >= 11 is 8.43. The Morgan fingerprint density at radius 1 is 1.54 bits per heavy atom. The van der Waals surface area contributed by atoms with Gasteiger partial charge in [0.2, 0.25) is 0 Å². The number of hydrogen-bond donors (Lipinski definition) is 3. The third kappa shape index (κ3) is 1.94. The van der Waals surface area contributed by atoms with E-state index in [-0.39, 0.29) is 20.7 Å². The van der Waals surface area contributed by atoms with Crippen LogP contribution >= 0.6 is 27.5 Å². The maximum Gasteiger partial charge on any atom is 0.180 e. The Bertz CT molecular complexity index is 346. The van der Waals surface area contributed by atoms with Crippen LogP contribution in [0.25, 0.3) is 0 Å². The second-order valence-corrected chi connectivity index (χ2v) is 3.56. The van der Waals surface area contributed by atoms with Gasteiger partial charge in [0.15, 0.2) is 12.1 Å². The van der Waals surface area contributed by atoms with Gasteiger partial charge in [0.05, 0.1) is 15.2 Å². The van der Waals surface area contributed by atoms with E-state index in [0.29, 0.717) is 0 Å². The first-order chi connectivity index (χ1) is 5.95. The van der Waals surface area contributed by atoms with Crippen molar-refractivity contribution in [2.45, 2.75) is 6.29 Å². The first-order valence-corrected chi connectivity index (χ1v) is 4.41. The van der Waals surface area contributed by atoms with E-state index in [1.54, 1.807) is 0 Å². The highest BCUT2D eigenvalue weighted by atomic mass is 79.9. The van der Waals surface area contributed by atoms with Crippen LogP contribution in [-0.4, -0.2) is 10.2 Å². The monoisotopic (exact) mass is 269 g/mol. The van der Waals surface area contributed by atoms with Crippen molar-refractivity contribution in [3.63, 3.8) is 0 Å². The molecule has 0 aromatic heterocycles. The Morgan fingerprint density at radius 2 is 2.08 bits per heavy atom. The lowest BCUT2D eigenvalue weighted by Gasteiger charge is -2.10. The van der Waals surface area contributed by atoms with E-state index in [4.69, 9.17) is 27.5 Å². The van der Waals surface area contributed by atoms with Gasteiger partial charge in [0.25, 0.3) is 0 Å². The molecule has 0 saturated carbocycles. The maximum atomic E-state index is 13.1. The summed E-state index contributed by atoms with van der Waals surface area (Å²) in [4.78, 5) is 0. The Labute approximate surface area is 87.1 Å². The molecule has 0 saturated heterocycles. The topological polar surface area (TPSA) is 66.5 Å². The normalized spacial score (nSPS) is 10.9. The highest BCUT2D eigenvalue weighted by molar-refractivity contribution is 9.10. The van der Waals surface area contributed by atoms with Crippen molar-refractivity contribution >= 4 is 33.2 Å². The average Bonchev–Trinajstić information content (AvgIpc) is 2.07. The van der Waals surface area contributed by atoms with E-state index in [1.807, 2.05) is 0 Å². The van der Waals surface area contributed by atoms with Crippen molar-refractivity contribution in [2.24, 2.45) is 0 Å². The van der Waals surface area contributed by atoms with Crippen LogP contribution in [0.15, 0.2) is 10.5 Å². The molecule has 3 nitrogen and oxygen atoms in total. The number of nitrogens with two attached hydrogens (primary N) is 1. The molecule has 0 heterocycles. The number of aliphatic hydroxyl groups is 2. The first-order valence-electron chi connectivity index (χ1n) is 3.24. The van der Waals surface area contributed by atoms with E-state index in [9.17, 15) is 4.39 Å². The van der Waals surface area contributed by atoms with Crippen LogP contribution in [0.4, 0.5) is 10.1 Å². The molecular formula is C7H6BrClFNO2. The SMILES string of the molecule is Nc1c(C(O)O)cc(Cl)c(Br)c1F. The Morgan fingerprint density at radius 3 is 2.54 bits per heavy atom. The van der Waals surface area contributed by atoms with Gasteiger partial charge in [0, 0.05) is 5.56 Å². The zero-order valence-electron chi connectivity index (χ0n) is 6.26. The molecule has 0 amide bonds. The predicted octanol–water partition coefficient (Wildman–Crippen LogP) is 1.81. The van der Waals surface area contributed by atoms with Gasteiger partial charge in [-0.2, -0.15) is 0 Å². The zero-order valence-corrected chi connectivity index (χ0v) is 8.60. The standard InChI is InChI=1S/C7H6BrClFNO2/c8-4-3(9)1-2(7(12)13)6(11)5(4)10/h1,7,12-13H,11H2. The number of benzene rings is 1. The van der Waals surface area contributed by atoms with Gasteiger partial charge in [-0.1, -0.05) is 11.6 Å². The van der Waals surface area contributed by atoms with E-state index in [2.05, 4.69) is 15.9 Å². The molecule has 1 rings (SSSR count). The van der Waals surface area contributed by atoms with Gasteiger partial charge in [-0.25, -0.2) is 4.39 Å². The fraction of sp³-hybridized carbons (Fsp3) is 0.143. The van der Waals surface area contributed by atoms with Crippen LogP contribution in [0.2, 0.25) is 5.02 Å². The zero-order chi connectivity index (χ0) is 10.2. The summed E-state index contributed by atoms with van der Waals surface area (Å²) in [6.07, 6.45) is -1.83. The number of halogens is 3. The Balaban J connectivity index is 3.41. The number of nitrogen functional groups attached to an aromatic ring is 1. The summed E-state index contributed by atoms with van der Waals surface area (Å²) in [5.74, 6) is -0.796. The van der Waals surface area contributed by atoms with Crippen LogP contribution in [0, 0.1) is 5.82 Å². The van der Waals surface area contributed by atoms with E-state index < -0.39 is 12.1 Å². The van der Waals surface area contributed by atoms with E-state index in [0.717, 1.165) is 0 Å². The summed E-state index contributed by atoms with van der Waals surface area (Å²) in [5, 5.41) is 17.6. The third-order valence-electron chi connectivity index (χ3n) is 1.51. The van der Waals surface area contributed by atoms with Crippen molar-refractivity contribution in [1.82, 2.24) is 0 Å². The molecule has 13 heavy (non-hydrogen) atoms. The van der Waals surface area contributed by atoms with Crippen LogP contribution in [0.3, 0.4) is 0 Å². The van der Waals surface area contributed by atoms with Gasteiger partial charge in [-0.15, -0.1) is 0 Å². The molecule has 1 aromatic carbocycles. The molecule has 0 aliphatic heterocycles. The molecule has 0 unspecified atom stereocenters. The highest BCUT2D eigenvalue weighted by Crippen LogP contribution is 2.33. The third-order valence-corrected chi connectivity index (χ3v) is 2.81. The molecule has 72 valence electrons. The number of anilines is 1. The van der Waals surface area contributed by atoms with E-state index >= 15 is 0 Å². The summed E-state index contributed by atoms with van der Waals surface area (Å²) in [5.41, 5.74) is 4.79. The van der Waals surface area contributed by atoms with Gasteiger partial charge >= 0.3 is 0 Å². The quantitative estimate of drug-likeness (QED) is 0.414. The number of aliphatic hydroxyl groups excluding tert-OH is 1. The maximum absolute atomic E-state index is 13.1. The molecule has 0 spiro atoms. The summed E-state index contributed by atoms with van der Waals surface area (Å²) in [6.45, 7) is 0. The Hall–Kier alpha value is -0.360. The van der Waals surface area contributed by atoms with Crippen molar-refractivity contribution in [3.05, 3.63) is 26.9 Å². The molecule has 6 heteroatoms. The second-order valence-electron chi connectivity index (χ2n) is 2.36. The fourth-order valence-corrected chi connectivity index (χ4v) is 1.37. The molecule has 0 bridgehead atoms. The molecule has 4 N–H and O–H groups in total. The summed E-state index contributed by atoms with van der Waals surface area (Å²) in [7, 11) is 0. The summed E-state index contributed by atoms with van der Waals surface area (Å²) < 4.78 is 13.1. The van der Waals surface area contributed by atoms with Crippen molar-refractivity contribution in [2.75, 3.05) is 5.73 Å². The molecule has 1 aromatic rings. The minimum atomic E-state index is -1.83. The molecule has 0 fully saturated rings. The van der Waals surface area contributed by atoms with Crippen LogP contribution in [0.5, 0.6) is 0 Å². The predicted molar refractivity (Wildman–Crippen MR) is 50.7 cm³/mol. The number of rotatable bonds is 1. The van der Waals surface area contributed by atoms with Crippen molar-refractivity contribution < 1.29 is 14.6 Å². The van der Waals surface area contributed by atoms with Crippen LogP contribution < -0.4 is 5.73 Å². The van der Waals surface area contributed by atoms with Gasteiger partial charge < -0.3 is 15.9 Å². The van der Waals surface area contributed by atoms with E-state index in [1.165, 1.54) is 6.07 Å². The van der Waals surface area contributed by atoms with Crippen LogP contribution in [0.1, 0.15) is 11.9 Å². The fourth-order valence-electron chi connectivity index (χ4n) is 0.841. The van der Waals surface area contributed by atoms with Gasteiger partial charge in [-0.05, 0) is 22.0 Å². The minimum absolute atomic E-state index is 0.0102. The van der Waals surface area contributed by atoms with Gasteiger partial charge in [-0.3, -0.25) is 0 Å². The molecule has 0 radical (unpaired) electrons. The lowest BCUT2D eigenvalue weighted by atomic mass is 10.1. The lowest BCUT2D eigenvalue weighted by Crippen LogP contribution is -2.04. The van der Waals surface area contributed by atoms with Crippen molar-refractivity contribution in [1.29, 1.82) is 0 Å². The minimum Gasteiger partial charge on any atom is -0.396 e. The van der Waals surface area contributed by atoms with Gasteiger partial charge in [0.1, 0.15) is 0 Å². The smallest absolute Gasteiger partial charge is 0.180 e.